The Morgan fingerprint density at radius 3 is 1.58 bits per heavy atom. The third-order valence-corrected chi connectivity index (χ3v) is 10.1. The summed E-state index contributed by atoms with van der Waals surface area (Å²) >= 11 is 0. The van der Waals surface area contributed by atoms with Crippen molar-refractivity contribution in [2.75, 3.05) is 0 Å². The Bertz CT molecular complexity index is 3210. The van der Waals surface area contributed by atoms with Crippen LogP contribution in [-0.4, -0.2) is 15.0 Å². The van der Waals surface area contributed by atoms with E-state index in [2.05, 4.69) is 115 Å². The molecule has 0 unspecified atom stereocenters. The van der Waals surface area contributed by atoms with E-state index in [0.717, 1.165) is 87.9 Å². The molecular formula is C47H27N3O2. The molecule has 3 aromatic heterocycles. The van der Waals surface area contributed by atoms with Crippen LogP contribution < -0.4 is 0 Å². The molecule has 0 N–H and O–H groups in total. The second-order valence-corrected chi connectivity index (χ2v) is 13.2. The molecule has 0 amide bonds. The third kappa shape index (κ3) is 4.53. The van der Waals surface area contributed by atoms with Crippen molar-refractivity contribution in [3.63, 3.8) is 0 Å². The minimum Gasteiger partial charge on any atom is -0.456 e. The Morgan fingerprint density at radius 2 is 0.827 bits per heavy atom. The predicted molar refractivity (Wildman–Crippen MR) is 211 cm³/mol. The van der Waals surface area contributed by atoms with Crippen molar-refractivity contribution in [3.8, 4) is 45.3 Å². The lowest BCUT2D eigenvalue weighted by Crippen LogP contribution is -2.01. The molecule has 0 atom stereocenters. The van der Waals surface area contributed by atoms with Gasteiger partial charge in [0.05, 0.1) is 0 Å². The van der Waals surface area contributed by atoms with Gasteiger partial charge in [0.1, 0.15) is 22.3 Å². The van der Waals surface area contributed by atoms with Crippen LogP contribution in [0.25, 0.3) is 111 Å². The van der Waals surface area contributed by atoms with Crippen LogP contribution in [0.3, 0.4) is 0 Å². The zero-order valence-corrected chi connectivity index (χ0v) is 27.7. The second kappa shape index (κ2) is 11.2. The average Bonchev–Trinajstić information content (AvgIpc) is 3.78. The third-order valence-electron chi connectivity index (χ3n) is 10.1. The number of fused-ring (bicyclic) bond motifs is 8. The molecule has 242 valence electrons. The molecule has 0 aliphatic rings. The minimum absolute atomic E-state index is 0.575. The molecule has 8 aromatic carbocycles. The molecule has 0 saturated heterocycles. The Balaban J connectivity index is 1.23. The van der Waals surface area contributed by atoms with Gasteiger partial charge in [0.2, 0.25) is 0 Å². The molecule has 11 aromatic rings. The van der Waals surface area contributed by atoms with Crippen molar-refractivity contribution < 1.29 is 8.83 Å². The van der Waals surface area contributed by atoms with Gasteiger partial charge >= 0.3 is 0 Å². The summed E-state index contributed by atoms with van der Waals surface area (Å²) in [5, 5.41) is 8.68. The molecule has 5 nitrogen and oxygen atoms in total. The van der Waals surface area contributed by atoms with Crippen LogP contribution in [-0.2, 0) is 0 Å². The smallest absolute Gasteiger partial charge is 0.165 e. The fraction of sp³-hybridized carbons (Fsp3) is 0. The van der Waals surface area contributed by atoms with Crippen molar-refractivity contribution >= 4 is 65.4 Å². The topological polar surface area (TPSA) is 65.0 Å². The molecule has 52 heavy (non-hydrogen) atoms. The maximum absolute atomic E-state index is 6.45. The fourth-order valence-corrected chi connectivity index (χ4v) is 7.59. The molecule has 0 aliphatic heterocycles. The van der Waals surface area contributed by atoms with E-state index in [4.69, 9.17) is 23.8 Å². The number of para-hydroxylation sites is 2. The summed E-state index contributed by atoms with van der Waals surface area (Å²) < 4.78 is 12.6. The van der Waals surface area contributed by atoms with E-state index in [9.17, 15) is 0 Å². The van der Waals surface area contributed by atoms with E-state index >= 15 is 0 Å². The van der Waals surface area contributed by atoms with Crippen LogP contribution >= 0.6 is 0 Å². The van der Waals surface area contributed by atoms with Gasteiger partial charge in [0, 0.05) is 38.2 Å². The summed E-state index contributed by atoms with van der Waals surface area (Å²) in [6.45, 7) is 0. The quantitative estimate of drug-likeness (QED) is 0.187. The highest BCUT2D eigenvalue weighted by Crippen LogP contribution is 2.43. The fourth-order valence-electron chi connectivity index (χ4n) is 7.59. The zero-order chi connectivity index (χ0) is 34.2. The van der Waals surface area contributed by atoms with Crippen molar-refractivity contribution in [2.45, 2.75) is 0 Å². The Morgan fingerprint density at radius 1 is 0.327 bits per heavy atom. The molecular weight excluding hydrogens is 639 g/mol. The summed E-state index contributed by atoms with van der Waals surface area (Å²) in [6.07, 6.45) is 0. The molecule has 0 spiro atoms. The lowest BCUT2D eigenvalue weighted by molar-refractivity contribution is 0.668. The van der Waals surface area contributed by atoms with E-state index in [1.165, 1.54) is 5.39 Å². The van der Waals surface area contributed by atoms with Crippen LogP contribution in [0.2, 0.25) is 0 Å². The first-order chi connectivity index (χ1) is 25.7. The molecule has 0 aliphatic carbocycles. The summed E-state index contributed by atoms with van der Waals surface area (Å²) in [4.78, 5) is 15.8. The van der Waals surface area contributed by atoms with Crippen molar-refractivity contribution in [1.29, 1.82) is 0 Å². The SMILES string of the molecule is c1ccc2cc(-c3nc(-c4ccc5oc6ccccc6c5c4)nc(-c4c(-c5ccc6ccccc6c5)ccc5oc6ccccc6c45)n3)ccc2c1. The molecule has 5 heteroatoms. The number of hydrogen-bond donors (Lipinski definition) is 0. The van der Waals surface area contributed by atoms with Gasteiger partial charge in [-0.05, 0) is 87.3 Å². The highest BCUT2D eigenvalue weighted by molar-refractivity contribution is 6.15. The van der Waals surface area contributed by atoms with Crippen LogP contribution in [0.4, 0.5) is 0 Å². The second-order valence-electron chi connectivity index (χ2n) is 13.2. The first kappa shape index (κ1) is 28.7. The van der Waals surface area contributed by atoms with Gasteiger partial charge in [0.25, 0.3) is 0 Å². The molecule has 0 bridgehead atoms. The van der Waals surface area contributed by atoms with Crippen molar-refractivity contribution in [2.24, 2.45) is 0 Å². The van der Waals surface area contributed by atoms with E-state index in [-0.39, 0.29) is 0 Å². The maximum Gasteiger partial charge on any atom is 0.165 e. The molecule has 11 rings (SSSR count). The Kier molecular flexibility index (Phi) is 6.18. The molecule has 0 radical (unpaired) electrons. The minimum atomic E-state index is 0.575. The Labute approximate surface area is 297 Å². The summed E-state index contributed by atoms with van der Waals surface area (Å²) in [7, 11) is 0. The number of rotatable bonds is 4. The standard InChI is InChI=1S/C47H27N3O2/c1-3-11-30-25-32(19-17-28(30)9-1)35-22-24-42-43(37-14-6-8-16-40(37)52-42)44(35)47-49-45(33-20-18-29-10-2-4-12-31(29)26-33)48-46(50-47)34-21-23-41-38(27-34)36-13-5-7-15-39(36)51-41/h1-27H. The molecule has 0 saturated carbocycles. The van der Waals surface area contributed by atoms with Crippen molar-refractivity contribution in [1.82, 2.24) is 15.0 Å². The highest BCUT2D eigenvalue weighted by Gasteiger charge is 2.22. The average molecular weight is 666 g/mol. The normalized spacial score (nSPS) is 11.8. The van der Waals surface area contributed by atoms with Crippen LogP contribution in [0.5, 0.6) is 0 Å². The summed E-state index contributed by atoms with van der Waals surface area (Å²) in [6, 6.07) is 56.4. The predicted octanol–water partition coefficient (Wildman–Crippen LogP) is 12.6. The lowest BCUT2D eigenvalue weighted by atomic mass is 9.93. The maximum atomic E-state index is 6.45. The first-order valence-corrected chi connectivity index (χ1v) is 17.3. The van der Waals surface area contributed by atoms with Gasteiger partial charge in [-0.25, -0.2) is 15.0 Å². The Hall–Kier alpha value is -7.11. The number of nitrogens with zero attached hydrogens (tertiary/aromatic N) is 3. The molecule has 3 heterocycles. The first-order valence-electron chi connectivity index (χ1n) is 17.3. The zero-order valence-electron chi connectivity index (χ0n) is 27.7. The summed E-state index contributed by atoms with van der Waals surface area (Å²) in [5.41, 5.74) is 8.04. The van der Waals surface area contributed by atoms with Gasteiger partial charge in [-0.2, -0.15) is 0 Å². The van der Waals surface area contributed by atoms with E-state index in [1.54, 1.807) is 0 Å². The number of aromatic nitrogens is 3. The molecule has 0 fully saturated rings. The largest absolute Gasteiger partial charge is 0.456 e. The number of benzene rings is 8. The van der Waals surface area contributed by atoms with Gasteiger partial charge in [-0.3, -0.25) is 0 Å². The van der Waals surface area contributed by atoms with Gasteiger partial charge in [-0.1, -0.05) is 109 Å². The van der Waals surface area contributed by atoms with Gasteiger partial charge in [0.15, 0.2) is 17.5 Å². The number of furan rings is 2. The van der Waals surface area contributed by atoms with Gasteiger partial charge < -0.3 is 8.83 Å². The van der Waals surface area contributed by atoms with Gasteiger partial charge in [-0.15, -0.1) is 0 Å². The lowest BCUT2D eigenvalue weighted by Gasteiger charge is -2.14. The van der Waals surface area contributed by atoms with Crippen LogP contribution in [0.1, 0.15) is 0 Å². The monoisotopic (exact) mass is 665 g/mol. The van der Waals surface area contributed by atoms with Crippen LogP contribution in [0, 0.1) is 0 Å². The van der Waals surface area contributed by atoms with E-state index in [1.807, 2.05) is 48.5 Å². The van der Waals surface area contributed by atoms with Crippen molar-refractivity contribution in [3.05, 3.63) is 164 Å². The van der Waals surface area contributed by atoms with E-state index in [0.29, 0.717) is 17.5 Å². The number of hydrogen-bond acceptors (Lipinski definition) is 5. The van der Waals surface area contributed by atoms with Crippen LogP contribution in [0.15, 0.2) is 173 Å². The van der Waals surface area contributed by atoms with E-state index < -0.39 is 0 Å². The highest BCUT2D eigenvalue weighted by atomic mass is 16.3. The summed E-state index contributed by atoms with van der Waals surface area (Å²) in [5.74, 6) is 1.75.